The van der Waals surface area contributed by atoms with Gasteiger partial charge in [-0.3, -0.25) is 9.59 Å². The first kappa shape index (κ1) is 18.7. The van der Waals surface area contributed by atoms with Crippen LogP contribution in [0.2, 0.25) is 0 Å². The van der Waals surface area contributed by atoms with Crippen molar-refractivity contribution < 1.29 is 9.59 Å². The van der Waals surface area contributed by atoms with E-state index in [1.165, 1.54) is 5.56 Å². The second-order valence-corrected chi connectivity index (χ2v) is 6.74. The summed E-state index contributed by atoms with van der Waals surface area (Å²) in [4.78, 5) is 26.0. The van der Waals surface area contributed by atoms with E-state index in [4.69, 9.17) is 0 Å². The number of nitrogens with zero attached hydrogens (tertiary/aromatic N) is 1. The van der Waals surface area contributed by atoms with Gasteiger partial charge in [0.15, 0.2) is 0 Å². The molecule has 2 fully saturated rings. The molecule has 0 aromatic heterocycles. The molecule has 2 N–H and O–H groups in total. The van der Waals surface area contributed by atoms with E-state index in [2.05, 4.69) is 22.8 Å². The molecule has 0 radical (unpaired) electrons. The Hall–Kier alpha value is -1.59. The minimum absolute atomic E-state index is 0. The predicted octanol–water partition coefficient (Wildman–Crippen LogP) is 1.14. The standard InChI is InChI=1S/C18H25N3O2.ClH/c1-13-2-4-14(5-3-13)6-7-17(22)20-10-18(23)21-11-15-8-19-9-16(15)12-21;/h2-5,15-16,19H,6-12H2,1H3,(H,20,22);1H/t15-,16+;. The van der Waals surface area contributed by atoms with E-state index in [0.717, 1.165) is 31.7 Å². The van der Waals surface area contributed by atoms with Gasteiger partial charge in [-0.2, -0.15) is 0 Å². The molecule has 2 saturated heterocycles. The van der Waals surface area contributed by atoms with Crippen molar-refractivity contribution in [2.45, 2.75) is 19.8 Å². The van der Waals surface area contributed by atoms with Crippen molar-refractivity contribution in [3.63, 3.8) is 0 Å². The molecule has 24 heavy (non-hydrogen) atoms. The normalized spacial score (nSPS) is 22.0. The highest BCUT2D eigenvalue weighted by molar-refractivity contribution is 5.85. The molecule has 1 aromatic carbocycles. The number of carbonyl (C=O) groups is 2. The van der Waals surface area contributed by atoms with Crippen LogP contribution >= 0.6 is 12.4 Å². The Kier molecular flexibility index (Phi) is 6.63. The van der Waals surface area contributed by atoms with Crippen LogP contribution in [0.1, 0.15) is 17.5 Å². The van der Waals surface area contributed by atoms with Crippen LogP contribution < -0.4 is 10.6 Å². The summed E-state index contributed by atoms with van der Waals surface area (Å²) in [7, 11) is 0. The first-order valence-corrected chi connectivity index (χ1v) is 8.42. The highest BCUT2D eigenvalue weighted by Crippen LogP contribution is 2.25. The number of benzene rings is 1. The van der Waals surface area contributed by atoms with Gasteiger partial charge in [0.2, 0.25) is 11.8 Å². The van der Waals surface area contributed by atoms with Gasteiger partial charge in [0.05, 0.1) is 6.54 Å². The minimum Gasteiger partial charge on any atom is -0.347 e. The topological polar surface area (TPSA) is 61.4 Å². The third-order valence-corrected chi connectivity index (χ3v) is 4.94. The summed E-state index contributed by atoms with van der Waals surface area (Å²) in [5.41, 5.74) is 2.37. The van der Waals surface area contributed by atoms with Crippen LogP contribution in [0.5, 0.6) is 0 Å². The molecule has 0 unspecified atom stereocenters. The summed E-state index contributed by atoms with van der Waals surface area (Å²) in [6.45, 7) is 5.85. The highest BCUT2D eigenvalue weighted by Gasteiger charge is 2.37. The van der Waals surface area contributed by atoms with Crippen LogP contribution in [0.25, 0.3) is 0 Å². The van der Waals surface area contributed by atoms with E-state index in [-0.39, 0.29) is 30.8 Å². The van der Waals surface area contributed by atoms with Gasteiger partial charge in [0, 0.05) is 32.6 Å². The number of fused-ring (bicyclic) bond motifs is 1. The van der Waals surface area contributed by atoms with E-state index in [1.54, 1.807) is 0 Å². The Morgan fingerprint density at radius 3 is 2.42 bits per heavy atom. The van der Waals surface area contributed by atoms with Gasteiger partial charge >= 0.3 is 0 Å². The van der Waals surface area contributed by atoms with Crippen LogP contribution in [0.15, 0.2) is 24.3 Å². The van der Waals surface area contributed by atoms with Gasteiger partial charge in [-0.05, 0) is 30.7 Å². The van der Waals surface area contributed by atoms with Crippen molar-refractivity contribution in [3.8, 4) is 0 Å². The van der Waals surface area contributed by atoms with Crippen LogP contribution in [0.3, 0.4) is 0 Å². The lowest BCUT2D eigenvalue weighted by Crippen LogP contribution is -2.40. The Morgan fingerprint density at radius 2 is 1.79 bits per heavy atom. The molecule has 3 rings (SSSR count). The molecule has 0 saturated carbocycles. The lowest BCUT2D eigenvalue weighted by molar-refractivity contribution is -0.132. The Balaban J connectivity index is 0.00000208. The second kappa shape index (κ2) is 8.49. The fourth-order valence-corrected chi connectivity index (χ4v) is 3.45. The van der Waals surface area contributed by atoms with Crippen LogP contribution in [0, 0.1) is 18.8 Å². The lowest BCUT2D eigenvalue weighted by Gasteiger charge is -2.17. The number of nitrogens with one attached hydrogen (secondary N) is 2. The average molecular weight is 352 g/mol. The van der Waals surface area contributed by atoms with Crippen LogP contribution in [-0.4, -0.2) is 49.4 Å². The van der Waals surface area contributed by atoms with Gasteiger partial charge in [-0.15, -0.1) is 12.4 Å². The Bertz CT molecular complexity index is 564. The Labute approximate surface area is 149 Å². The van der Waals surface area contributed by atoms with Crippen molar-refractivity contribution in [3.05, 3.63) is 35.4 Å². The summed E-state index contributed by atoms with van der Waals surface area (Å²) in [6, 6.07) is 8.20. The molecule has 2 heterocycles. The number of rotatable bonds is 5. The Morgan fingerprint density at radius 1 is 1.17 bits per heavy atom. The summed E-state index contributed by atoms with van der Waals surface area (Å²) in [6.07, 6.45) is 1.13. The molecular weight excluding hydrogens is 326 g/mol. The molecule has 132 valence electrons. The number of amides is 2. The summed E-state index contributed by atoms with van der Waals surface area (Å²) in [5.74, 6) is 1.18. The molecule has 6 heteroatoms. The first-order valence-electron chi connectivity index (χ1n) is 8.42. The van der Waals surface area contributed by atoms with Crippen molar-refractivity contribution in [1.29, 1.82) is 0 Å². The number of likely N-dealkylation sites (tertiary alicyclic amines) is 1. The van der Waals surface area contributed by atoms with E-state index in [9.17, 15) is 9.59 Å². The first-order chi connectivity index (χ1) is 11.1. The second-order valence-electron chi connectivity index (χ2n) is 6.74. The number of hydrogen-bond donors (Lipinski definition) is 2. The average Bonchev–Trinajstić information content (AvgIpc) is 3.13. The van der Waals surface area contributed by atoms with Crippen molar-refractivity contribution in [1.82, 2.24) is 15.5 Å². The monoisotopic (exact) mass is 351 g/mol. The molecule has 2 aliphatic rings. The van der Waals surface area contributed by atoms with E-state index >= 15 is 0 Å². The number of aryl methyl sites for hydroxylation is 2. The molecule has 5 nitrogen and oxygen atoms in total. The van der Waals surface area contributed by atoms with Gasteiger partial charge < -0.3 is 15.5 Å². The fourth-order valence-electron chi connectivity index (χ4n) is 3.45. The molecule has 0 bridgehead atoms. The fraction of sp³-hybridized carbons (Fsp3) is 0.556. The van der Waals surface area contributed by atoms with Gasteiger partial charge in [0.1, 0.15) is 0 Å². The maximum Gasteiger partial charge on any atom is 0.241 e. The lowest BCUT2D eigenvalue weighted by atomic mass is 10.0. The molecule has 2 amide bonds. The largest absolute Gasteiger partial charge is 0.347 e. The van der Waals surface area contributed by atoms with Crippen molar-refractivity contribution in [2.24, 2.45) is 11.8 Å². The molecule has 0 aliphatic carbocycles. The molecular formula is C18H26ClN3O2. The van der Waals surface area contributed by atoms with E-state index in [1.807, 2.05) is 24.0 Å². The molecule has 0 spiro atoms. The smallest absolute Gasteiger partial charge is 0.241 e. The zero-order valence-electron chi connectivity index (χ0n) is 14.1. The van der Waals surface area contributed by atoms with Gasteiger partial charge in [0.25, 0.3) is 0 Å². The number of hydrogen-bond acceptors (Lipinski definition) is 3. The quantitative estimate of drug-likeness (QED) is 0.836. The zero-order valence-corrected chi connectivity index (χ0v) is 14.9. The third kappa shape index (κ3) is 4.71. The third-order valence-electron chi connectivity index (χ3n) is 4.94. The molecule has 1 aromatic rings. The number of carbonyl (C=O) groups excluding carboxylic acids is 2. The minimum atomic E-state index is -0.0556. The van der Waals surface area contributed by atoms with Crippen molar-refractivity contribution in [2.75, 3.05) is 32.7 Å². The van der Waals surface area contributed by atoms with E-state index < -0.39 is 0 Å². The van der Waals surface area contributed by atoms with Gasteiger partial charge in [-0.1, -0.05) is 29.8 Å². The van der Waals surface area contributed by atoms with Crippen molar-refractivity contribution >= 4 is 24.2 Å². The predicted molar refractivity (Wildman–Crippen MR) is 96.2 cm³/mol. The summed E-state index contributed by atoms with van der Waals surface area (Å²) in [5, 5.41) is 6.12. The number of halogens is 1. The maximum absolute atomic E-state index is 12.2. The molecule has 2 aliphatic heterocycles. The zero-order chi connectivity index (χ0) is 16.2. The van der Waals surface area contributed by atoms with Crippen LogP contribution in [0.4, 0.5) is 0 Å². The van der Waals surface area contributed by atoms with Gasteiger partial charge in [-0.25, -0.2) is 0 Å². The molecule has 2 atom stereocenters. The summed E-state index contributed by atoms with van der Waals surface area (Å²) < 4.78 is 0. The highest BCUT2D eigenvalue weighted by atomic mass is 35.5. The SMILES string of the molecule is Cc1ccc(CCC(=O)NCC(=O)N2C[C@H]3CNC[C@H]3C2)cc1.Cl. The maximum atomic E-state index is 12.2. The van der Waals surface area contributed by atoms with E-state index in [0.29, 0.717) is 24.7 Å². The summed E-state index contributed by atoms with van der Waals surface area (Å²) >= 11 is 0. The van der Waals surface area contributed by atoms with Crippen LogP contribution in [-0.2, 0) is 16.0 Å².